The average molecular weight is 310 g/mol. The number of nitrogens with one attached hydrogen (secondary N) is 1. The van der Waals surface area contributed by atoms with E-state index in [0.717, 1.165) is 9.75 Å². The molecule has 0 saturated carbocycles. The topological polar surface area (TPSA) is 62.5 Å². The maximum Gasteiger partial charge on any atom is 0.256 e. The first-order chi connectivity index (χ1) is 9.70. The van der Waals surface area contributed by atoms with Crippen molar-refractivity contribution in [2.75, 3.05) is 6.61 Å². The van der Waals surface area contributed by atoms with E-state index in [2.05, 4.69) is 17.2 Å². The predicted octanol–water partition coefficient (Wildman–Crippen LogP) is 2.66. The molecule has 0 fully saturated rings. The van der Waals surface area contributed by atoms with Gasteiger partial charge in [0.1, 0.15) is 0 Å². The molecule has 6 heteroatoms. The molecule has 2 heterocycles. The number of carbonyl (C=O) groups is 1. The number of carbonyl (C=O) groups excluding carboxylic acids is 1. The van der Waals surface area contributed by atoms with Crippen LogP contribution in [0.15, 0.2) is 28.9 Å². The van der Waals surface area contributed by atoms with Crippen LogP contribution >= 0.6 is 22.9 Å². The SMILES string of the molecule is O=C(NCc1ccc(C#CCCO)s1)c1ccoc1Cl. The molecule has 2 N–H and O–H groups in total. The first kappa shape index (κ1) is 14.7. The fraction of sp³-hybridized carbons (Fsp3) is 0.214. The number of thiophene rings is 1. The Bertz CT molecular complexity index is 651. The molecule has 104 valence electrons. The number of aliphatic hydroxyl groups excluding tert-OH is 1. The number of amides is 1. The van der Waals surface area contributed by atoms with Gasteiger partial charge in [0.25, 0.3) is 5.91 Å². The highest BCUT2D eigenvalue weighted by Crippen LogP contribution is 2.18. The van der Waals surface area contributed by atoms with Crippen LogP contribution in [0.25, 0.3) is 0 Å². The maximum atomic E-state index is 11.8. The van der Waals surface area contributed by atoms with E-state index in [1.54, 1.807) is 0 Å². The van der Waals surface area contributed by atoms with Crippen molar-refractivity contribution in [1.82, 2.24) is 5.32 Å². The molecule has 0 aromatic carbocycles. The van der Waals surface area contributed by atoms with E-state index < -0.39 is 0 Å². The Morgan fingerprint density at radius 3 is 3.00 bits per heavy atom. The third kappa shape index (κ3) is 3.87. The van der Waals surface area contributed by atoms with Crippen LogP contribution in [-0.4, -0.2) is 17.6 Å². The van der Waals surface area contributed by atoms with Gasteiger partial charge in [0.2, 0.25) is 5.22 Å². The molecule has 0 saturated heterocycles. The zero-order valence-electron chi connectivity index (χ0n) is 10.5. The Morgan fingerprint density at radius 2 is 2.30 bits per heavy atom. The lowest BCUT2D eigenvalue weighted by Crippen LogP contribution is -2.21. The van der Waals surface area contributed by atoms with E-state index in [1.807, 2.05) is 12.1 Å². The average Bonchev–Trinajstić information content (AvgIpc) is 3.05. The molecular weight excluding hydrogens is 298 g/mol. The van der Waals surface area contributed by atoms with Crippen LogP contribution in [0, 0.1) is 11.8 Å². The third-order valence-corrected chi connectivity index (χ3v) is 3.69. The molecule has 0 aliphatic rings. The van der Waals surface area contributed by atoms with E-state index in [4.69, 9.17) is 21.1 Å². The largest absolute Gasteiger partial charge is 0.452 e. The molecule has 0 bridgehead atoms. The van der Waals surface area contributed by atoms with E-state index >= 15 is 0 Å². The van der Waals surface area contributed by atoms with Crippen LogP contribution < -0.4 is 5.32 Å². The van der Waals surface area contributed by atoms with Crippen molar-refractivity contribution >= 4 is 28.8 Å². The fourth-order valence-corrected chi connectivity index (χ4v) is 2.49. The van der Waals surface area contributed by atoms with Gasteiger partial charge in [0.15, 0.2) is 0 Å². The summed E-state index contributed by atoms with van der Waals surface area (Å²) < 4.78 is 4.87. The lowest BCUT2D eigenvalue weighted by Gasteiger charge is -2.01. The van der Waals surface area contributed by atoms with Crippen molar-refractivity contribution in [2.45, 2.75) is 13.0 Å². The minimum Gasteiger partial charge on any atom is -0.452 e. The Labute approximate surface area is 125 Å². The lowest BCUT2D eigenvalue weighted by molar-refractivity contribution is 0.0951. The van der Waals surface area contributed by atoms with Crippen LogP contribution in [0.5, 0.6) is 0 Å². The fourth-order valence-electron chi connectivity index (χ4n) is 1.46. The molecule has 0 unspecified atom stereocenters. The highest BCUT2D eigenvalue weighted by atomic mass is 35.5. The van der Waals surface area contributed by atoms with Crippen molar-refractivity contribution in [3.63, 3.8) is 0 Å². The summed E-state index contributed by atoms with van der Waals surface area (Å²) in [6, 6.07) is 5.32. The van der Waals surface area contributed by atoms with Gasteiger partial charge in [0, 0.05) is 11.3 Å². The van der Waals surface area contributed by atoms with Gasteiger partial charge in [-0.05, 0) is 29.8 Å². The Hall–Kier alpha value is -1.74. The summed E-state index contributed by atoms with van der Waals surface area (Å²) in [5, 5.41) is 11.5. The summed E-state index contributed by atoms with van der Waals surface area (Å²) in [6.07, 6.45) is 1.83. The molecule has 0 aliphatic carbocycles. The molecule has 0 spiro atoms. The Balaban J connectivity index is 1.90. The summed E-state index contributed by atoms with van der Waals surface area (Å²) in [5.74, 6) is 5.53. The maximum absolute atomic E-state index is 11.8. The van der Waals surface area contributed by atoms with Crippen molar-refractivity contribution in [3.05, 3.63) is 45.0 Å². The third-order valence-electron chi connectivity index (χ3n) is 2.40. The second-order valence-electron chi connectivity index (χ2n) is 3.83. The number of aliphatic hydroxyl groups is 1. The van der Waals surface area contributed by atoms with Gasteiger partial charge in [-0.25, -0.2) is 0 Å². The number of hydrogen-bond donors (Lipinski definition) is 2. The normalized spacial score (nSPS) is 9.90. The number of rotatable bonds is 4. The molecular formula is C14H12ClNO3S. The molecule has 1 amide bonds. The van der Waals surface area contributed by atoms with Gasteiger partial charge in [-0.3, -0.25) is 4.79 Å². The summed E-state index contributed by atoms with van der Waals surface area (Å²) >= 11 is 7.23. The number of hydrogen-bond acceptors (Lipinski definition) is 4. The Morgan fingerprint density at radius 1 is 1.45 bits per heavy atom. The second kappa shape index (κ2) is 7.15. The smallest absolute Gasteiger partial charge is 0.256 e. The lowest BCUT2D eigenvalue weighted by atomic mass is 10.3. The highest BCUT2D eigenvalue weighted by Gasteiger charge is 2.12. The van der Waals surface area contributed by atoms with E-state index in [-0.39, 0.29) is 17.7 Å². The molecule has 0 atom stereocenters. The van der Waals surface area contributed by atoms with Crippen LogP contribution in [0.3, 0.4) is 0 Å². The highest BCUT2D eigenvalue weighted by molar-refractivity contribution is 7.12. The summed E-state index contributed by atoms with van der Waals surface area (Å²) in [5.41, 5.74) is 0.325. The van der Waals surface area contributed by atoms with Crippen molar-refractivity contribution in [1.29, 1.82) is 0 Å². The van der Waals surface area contributed by atoms with Crippen molar-refractivity contribution in [2.24, 2.45) is 0 Å². The molecule has 0 radical (unpaired) electrons. The zero-order chi connectivity index (χ0) is 14.4. The van der Waals surface area contributed by atoms with Gasteiger partial charge < -0.3 is 14.8 Å². The van der Waals surface area contributed by atoms with E-state index in [0.29, 0.717) is 18.5 Å². The monoisotopic (exact) mass is 309 g/mol. The molecule has 4 nitrogen and oxygen atoms in total. The van der Waals surface area contributed by atoms with E-state index in [1.165, 1.54) is 23.7 Å². The quantitative estimate of drug-likeness (QED) is 0.854. The molecule has 20 heavy (non-hydrogen) atoms. The predicted molar refractivity (Wildman–Crippen MR) is 77.8 cm³/mol. The summed E-state index contributed by atoms with van der Waals surface area (Å²) in [6.45, 7) is 0.472. The minimum atomic E-state index is -0.273. The molecule has 2 rings (SSSR count). The van der Waals surface area contributed by atoms with Crippen LogP contribution in [-0.2, 0) is 6.54 Å². The molecule has 2 aromatic rings. The molecule has 2 aromatic heterocycles. The first-order valence-corrected chi connectivity index (χ1v) is 7.10. The Kier molecular flexibility index (Phi) is 5.24. The number of furan rings is 1. The summed E-state index contributed by atoms with van der Waals surface area (Å²) in [4.78, 5) is 13.7. The van der Waals surface area contributed by atoms with Gasteiger partial charge in [-0.2, -0.15) is 0 Å². The van der Waals surface area contributed by atoms with Gasteiger partial charge in [0.05, 0.1) is 29.9 Å². The van der Waals surface area contributed by atoms with Crippen LogP contribution in [0.1, 0.15) is 26.5 Å². The van der Waals surface area contributed by atoms with E-state index in [9.17, 15) is 4.79 Å². The van der Waals surface area contributed by atoms with Gasteiger partial charge in [-0.15, -0.1) is 11.3 Å². The van der Waals surface area contributed by atoms with Crippen LogP contribution in [0.2, 0.25) is 5.22 Å². The summed E-state index contributed by atoms with van der Waals surface area (Å²) in [7, 11) is 0. The molecule has 0 aliphatic heterocycles. The number of halogens is 1. The van der Waals surface area contributed by atoms with Gasteiger partial charge in [-0.1, -0.05) is 11.8 Å². The minimum absolute atomic E-state index is 0.0623. The second-order valence-corrected chi connectivity index (χ2v) is 5.34. The van der Waals surface area contributed by atoms with Gasteiger partial charge >= 0.3 is 0 Å². The standard InChI is InChI=1S/C14H12ClNO3S/c15-13-12(6-8-19-13)14(18)16-9-11-5-4-10(20-11)3-1-2-7-17/h4-6,8,17H,2,7,9H2,(H,16,18). The van der Waals surface area contributed by atoms with Crippen molar-refractivity contribution < 1.29 is 14.3 Å². The van der Waals surface area contributed by atoms with Crippen molar-refractivity contribution in [3.8, 4) is 11.8 Å². The zero-order valence-corrected chi connectivity index (χ0v) is 12.1. The first-order valence-electron chi connectivity index (χ1n) is 5.90. The van der Waals surface area contributed by atoms with Crippen LogP contribution in [0.4, 0.5) is 0 Å².